The second kappa shape index (κ2) is 4.82. The molecule has 0 aliphatic rings. The lowest BCUT2D eigenvalue weighted by molar-refractivity contribution is 0.872. The van der Waals surface area contributed by atoms with Crippen LogP contribution in [0.5, 0.6) is 0 Å². The predicted molar refractivity (Wildman–Crippen MR) is 71.7 cm³/mol. The molecule has 6 nitrogen and oxygen atoms in total. The van der Waals surface area contributed by atoms with Gasteiger partial charge in [0.1, 0.15) is 17.4 Å². The molecule has 0 atom stereocenters. The lowest BCUT2D eigenvalue weighted by Crippen LogP contribution is -2.21. The lowest BCUT2D eigenvalue weighted by atomic mass is 10.1. The summed E-state index contributed by atoms with van der Waals surface area (Å²) in [5.41, 5.74) is 2.20. The van der Waals surface area contributed by atoms with Gasteiger partial charge in [-0.1, -0.05) is 0 Å². The van der Waals surface area contributed by atoms with Gasteiger partial charge in [0.15, 0.2) is 0 Å². The Hall–Kier alpha value is -3.20. The van der Waals surface area contributed by atoms with Gasteiger partial charge in [0.05, 0.1) is 11.8 Å². The van der Waals surface area contributed by atoms with Gasteiger partial charge < -0.3 is 0 Å². The van der Waals surface area contributed by atoms with Crippen molar-refractivity contribution in [2.75, 3.05) is 0 Å². The van der Waals surface area contributed by atoms with E-state index < -0.39 is 0 Å². The summed E-state index contributed by atoms with van der Waals surface area (Å²) in [7, 11) is 0. The number of nitriles is 1. The first-order chi connectivity index (χ1) is 9.79. The summed E-state index contributed by atoms with van der Waals surface area (Å²) in [6.45, 7) is 0. The molecule has 20 heavy (non-hydrogen) atoms. The number of aromatic amines is 1. The first-order valence-corrected chi connectivity index (χ1v) is 5.91. The summed E-state index contributed by atoms with van der Waals surface area (Å²) in [6.07, 6.45) is 6.78. The third-order valence-electron chi connectivity index (χ3n) is 2.94. The first-order valence-electron chi connectivity index (χ1n) is 5.91. The monoisotopic (exact) mass is 262 g/mol. The Balaban J connectivity index is 2.27. The number of H-pyrrole nitrogens is 1. The topological polar surface area (TPSA) is 94.1 Å². The summed E-state index contributed by atoms with van der Waals surface area (Å²) in [6, 6.07) is 9.21. The zero-order valence-electron chi connectivity index (χ0n) is 10.4. The summed E-state index contributed by atoms with van der Waals surface area (Å²) in [5, 5.41) is 23.9. The van der Waals surface area contributed by atoms with E-state index in [2.05, 4.69) is 15.2 Å². The lowest BCUT2D eigenvalue weighted by Gasteiger charge is -2.09. The van der Waals surface area contributed by atoms with Crippen LogP contribution < -0.4 is 5.49 Å². The van der Waals surface area contributed by atoms with E-state index >= 15 is 0 Å². The maximum absolute atomic E-state index is 9.19. The molecule has 2 N–H and O–H groups in total. The van der Waals surface area contributed by atoms with E-state index in [4.69, 9.17) is 5.41 Å². The van der Waals surface area contributed by atoms with E-state index in [1.54, 1.807) is 41.5 Å². The first kappa shape index (κ1) is 11.9. The maximum Gasteiger partial charge on any atom is 0.148 e. The second-order valence-corrected chi connectivity index (χ2v) is 4.15. The fourth-order valence-corrected chi connectivity index (χ4v) is 1.95. The summed E-state index contributed by atoms with van der Waals surface area (Å²) in [4.78, 5) is 3.98. The normalized spacial score (nSPS) is 10.2. The molecule has 6 heteroatoms. The van der Waals surface area contributed by atoms with E-state index in [9.17, 15) is 5.26 Å². The van der Waals surface area contributed by atoms with E-state index in [0.717, 1.165) is 11.1 Å². The number of rotatable bonds is 2. The van der Waals surface area contributed by atoms with Gasteiger partial charge >= 0.3 is 0 Å². The third kappa shape index (κ3) is 1.97. The van der Waals surface area contributed by atoms with Crippen molar-refractivity contribution >= 4 is 0 Å². The van der Waals surface area contributed by atoms with Crippen LogP contribution in [0.1, 0.15) is 5.56 Å². The molecule has 0 fully saturated rings. The van der Waals surface area contributed by atoms with Crippen molar-refractivity contribution in [1.82, 2.24) is 19.7 Å². The van der Waals surface area contributed by atoms with Crippen LogP contribution in [0.3, 0.4) is 0 Å². The summed E-state index contributed by atoms with van der Waals surface area (Å²) >= 11 is 0. The van der Waals surface area contributed by atoms with E-state index in [-0.39, 0.29) is 5.49 Å². The molecule has 0 saturated carbocycles. The van der Waals surface area contributed by atoms with Crippen LogP contribution in [0.2, 0.25) is 0 Å². The predicted octanol–water partition coefficient (Wildman–Crippen LogP) is 1.61. The molecule has 3 heterocycles. The van der Waals surface area contributed by atoms with Crippen LogP contribution in [-0.2, 0) is 0 Å². The standard InChI is InChI=1S/C14H10N6/c15-8-11-7-12(10-1-4-17-5-2-10)9-20(14(11)16)13-3-6-18-19-13/h1-7,9,16H,(H,18,19). The average Bonchev–Trinajstić information content (AvgIpc) is 3.02. The molecular weight excluding hydrogens is 252 g/mol. The van der Waals surface area contributed by atoms with E-state index in [0.29, 0.717) is 11.4 Å². The highest BCUT2D eigenvalue weighted by molar-refractivity contribution is 5.63. The Morgan fingerprint density at radius 1 is 1.15 bits per heavy atom. The Morgan fingerprint density at radius 2 is 1.95 bits per heavy atom. The Bertz CT molecular complexity index is 824. The fraction of sp³-hybridized carbons (Fsp3) is 0. The van der Waals surface area contributed by atoms with Crippen molar-refractivity contribution in [3.63, 3.8) is 0 Å². The van der Waals surface area contributed by atoms with Crippen molar-refractivity contribution in [3.8, 4) is 23.0 Å². The number of hydrogen-bond donors (Lipinski definition) is 2. The molecule has 96 valence electrons. The Kier molecular flexibility index (Phi) is 2.86. The van der Waals surface area contributed by atoms with Crippen molar-refractivity contribution < 1.29 is 0 Å². The molecule has 0 aromatic carbocycles. The van der Waals surface area contributed by atoms with Gasteiger partial charge in [-0.2, -0.15) is 10.4 Å². The van der Waals surface area contributed by atoms with Gasteiger partial charge in [-0.25, -0.2) is 0 Å². The molecule has 0 bridgehead atoms. The Labute approximate surface area is 114 Å². The maximum atomic E-state index is 9.19. The summed E-state index contributed by atoms with van der Waals surface area (Å²) < 4.78 is 1.60. The number of nitrogens with zero attached hydrogens (tertiary/aromatic N) is 4. The molecular formula is C14H10N6. The van der Waals surface area contributed by atoms with Crippen molar-refractivity contribution in [3.05, 3.63) is 60.1 Å². The molecule has 0 unspecified atom stereocenters. The average molecular weight is 262 g/mol. The van der Waals surface area contributed by atoms with E-state index in [1.807, 2.05) is 18.2 Å². The zero-order chi connectivity index (χ0) is 13.9. The molecule has 0 aliphatic carbocycles. The second-order valence-electron chi connectivity index (χ2n) is 4.15. The number of pyridine rings is 2. The molecule has 0 radical (unpaired) electrons. The van der Waals surface area contributed by atoms with Gasteiger partial charge in [0.25, 0.3) is 0 Å². The summed E-state index contributed by atoms with van der Waals surface area (Å²) in [5.74, 6) is 0.641. The van der Waals surface area contributed by atoms with Crippen LogP contribution in [0, 0.1) is 16.7 Å². The fourth-order valence-electron chi connectivity index (χ4n) is 1.95. The van der Waals surface area contributed by atoms with E-state index in [1.165, 1.54) is 0 Å². The van der Waals surface area contributed by atoms with Crippen LogP contribution in [0.15, 0.2) is 49.1 Å². The van der Waals surface area contributed by atoms with Crippen LogP contribution in [-0.4, -0.2) is 19.7 Å². The van der Waals surface area contributed by atoms with Crippen LogP contribution in [0.25, 0.3) is 16.9 Å². The smallest absolute Gasteiger partial charge is 0.148 e. The zero-order valence-corrected chi connectivity index (χ0v) is 10.4. The SMILES string of the molecule is N#Cc1cc(-c2ccncc2)cn(-c2ccn[nH]2)c1=N. The largest absolute Gasteiger partial charge is 0.285 e. The molecule has 0 aliphatic heterocycles. The van der Waals surface area contributed by atoms with Gasteiger partial charge in [0.2, 0.25) is 0 Å². The quantitative estimate of drug-likeness (QED) is 0.734. The van der Waals surface area contributed by atoms with Crippen LogP contribution in [0.4, 0.5) is 0 Å². The minimum Gasteiger partial charge on any atom is -0.285 e. The Morgan fingerprint density at radius 3 is 2.60 bits per heavy atom. The number of nitrogens with one attached hydrogen (secondary N) is 2. The highest BCUT2D eigenvalue weighted by atomic mass is 15.2. The van der Waals surface area contributed by atoms with Gasteiger partial charge in [-0.3, -0.25) is 20.1 Å². The number of aromatic nitrogens is 4. The van der Waals surface area contributed by atoms with Gasteiger partial charge in [-0.15, -0.1) is 0 Å². The highest BCUT2D eigenvalue weighted by Crippen LogP contribution is 2.18. The van der Waals surface area contributed by atoms with Gasteiger partial charge in [-0.05, 0) is 29.3 Å². The molecule has 0 amide bonds. The van der Waals surface area contributed by atoms with Crippen LogP contribution >= 0.6 is 0 Å². The minimum absolute atomic E-state index is 0.120. The molecule has 3 rings (SSSR count). The number of hydrogen-bond acceptors (Lipinski definition) is 4. The third-order valence-corrected chi connectivity index (χ3v) is 2.94. The van der Waals surface area contributed by atoms with Gasteiger partial charge in [0, 0.05) is 24.7 Å². The van der Waals surface area contributed by atoms with Crippen molar-refractivity contribution in [2.24, 2.45) is 0 Å². The molecule has 0 spiro atoms. The van der Waals surface area contributed by atoms with Crippen molar-refractivity contribution in [2.45, 2.75) is 0 Å². The molecule has 0 saturated heterocycles. The highest BCUT2D eigenvalue weighted by Gasteiger charge is 2.07. The minimum atomic E-state index is 0.120. The molecule has 3 aromatic heterocycles. The van der Waals surface area contributed by atoms with Crippen molar-refractivity contribution in [1.29, 1.82) is 10.7 Å². The molecule has 3 aromatic rings.